The highest BCUT2D eigenvalue weighted by atomic mass is 15.2. The second-order valence-electron chi connectivity index (χ2n) is 5.08. The molecule has 1 aromatic carbocycles. The zero-order valence-corrected chi connectivity index (χ0v) is 9.73. The highest BCUT2D eigenvalue weighted by molar-refractivity contribution is 5.15. The summed E-state index contributed by atoms with van der Waals surface area (Å²) in [5.74, 6) is 0.900. The van der Waals surface area contributed by atoms with Gasteiger partial charge < -0.3 is 5.32 Å². The van der Waals surface area contributed by atoms with E-state index in [1.807, 2.05) is 0 Å². The Morgan fingerprint density at radius 3 is 2.94 bits per heavy atom. The lowest BCUT2D eigenvalue weighted by Crippen LogP contribution is -2.44. The molecule has 1 aromatic rings. The zero-order chi connectivity index (χ0) is 10.8. The molecule has 2 atom stereocenters. The molecule has 0 saturated carbocycles. The first kappa shape index (κ1) is 10.3. The van der Waals surface area contributed by atoms with E-state index in [2.05, 4.69) is 40.5 Å². The van der Waals surface area contributed by atoms with Crippen molar-refractivity contribution in [2.24, 2.45) is 5.92 Å². The van der Waals surface area contributed by atoms with Crippen LogP contribution in [0.2, 0.25) is 0 Å². The molecule has 16 heavy (non-hydrogen) atoms. The minimum Gasteiger partial charge on any atom is -0.315 e. The van der Waals surface area contributed by atoms with E-state index < -0.39 is 0 Å². The maximum Gasteiger partial charge on any atom is 0.0264 e. The van der Waals surface area contributed by atoms with Gasteiger partial charge in [-0.05, 0) is 37.4 Å². The van der Waals surface area contributed by atoms with Gasteiger partial charge in [0.15, 0.2) is 0 Å². The fraction of sp³-hybridized carbons (Fsp3) is 0.571. The molecule has 2 heterocycles. The molecular weight excluding hydrogens is 196 g/mol. The van der Waals surface area contributed by atoms with Gasteiger partial charge in [-0.2, -0.15) is 0 Å². The number of piperidine rings is 1. The van der Waals surface area contributed by atoms with Gasteiger partial charge in [-0.1, -0.05) is 30.3 Å². The normalized spacial score (nSPS) is 30.2. The van der Waals surface area contributed by atoms with Gasteiger partial charge >= 0.3 is 0 Å². The van der Waals surface area contributed by atoms with Crippen LogP contribution in [0.4, 0.5) is 0 Å². The van der Waals surface area contributed by atoms with E-state index in [1.165, 1.54) is 38.0 Å². The van der Waals surface area contributed by atoms with Crippen molar-refractivity contribution in [1.82, 2.24) is 10.2 Å². The molecule has 3 rings (SSSR count). The van der Waals surface area contributed by atoms with Crippen LogP contribution in [0.1, 0.15) is 18.4 Å². The van der Waals surface area contributed by atoms with Gasteiger partial charge in [0, 0.05) is 19.1 Å². The van der Waals surface area contributed by atoms with Crippen LogP contribution < -0.4 is 5.32 Å². The highest BCUT2D eigenvalue weighted by Crippen LogP contribution is 2.27. The van der Waals surface area contributed by atoms with Crippen LogP contribution >= 0.6 is 0 Å². The topological polar surface area (TPSA) is 15.3 Å². The molecule has 2 fully saturated rings. The van der Waals surface area contributed by atoms with Gasteiger partial charge in [-0.3, -0.25) is 4.90 Å². The Morgan fingerprint density at radius 1 is 1.19 bits per heavy atom. The lowest BCUT2D eigenvalue weighted by Gasteiger charge is -2.37. The van der Waals surface area contributed by atoms with Gasteiger partial charge in [-0.15, -0.1) is 0 Å². The van der Waals surface area contributed by atoms with Crippen LogP contribution in [0.3, 0.4) is 0 Å². The summed E-state index contributed by atoms with van der Waals surface area (Å²) >= 11 is 0. The number of fused-ring (bicyclic) bond motifs is 1. The van der Waals surface area contributed by atoms with Crippen molar-refractivity contribution >= 4 is 0 Å². The Hall–Kier alpha value is -0.860. The molecule has 2 aliphatic heterocycles. The van der Waals surface area contributed by atoms with E-state index in [9.17, 15) is 0 Å². The van der Waals surface area contributed by atoms with Crippen LogP contribution in [-0.4, -0.2) is 30.6 Å². The van der Waals surface area contributed by atoms with Crippen molar-refractivity contribution in [2.75, 3.05) is 19.6 Å². The van der Waals surface area contributed by atoms with Crippen LogP contribution in [0, 0.1) is 5.92 Å². The van der Waals surface area contributed by atoms with E-state index in [1.54, 1.807) is 0 Å². The molecule has 2 saturated heterocycles. The molecule has 2 heteroatoms. The minimum absolute atomic E-state index is 0.786. The van der Waals surface area contributed by atoms with Crippen molar-refractivity contribution < 1.29 is 0 Å². The summed E-state index contributed by atoms with van der Waals surface area (Å²) < 4.78 is 0. The Kier molecular flexibility index (Phi) is 2.94. The van der Waals surface area contributed by atoms with Gasteiger partial charge in [0.1, 0.15) is 0 Å². The van der Waals surface area contributed by atoms with E-state index >= 15 is 0 Å². The fourth-order valence-electron chi connectivity index (χ4n) is 3.18. The third-order valence-electron chi connectivity index (χ3n) is 4.02. The summed E-state index contributed by atoms with van der Waals surface area (Å²) in [6, 6.07) is 11.7. The van der Waals surface area contributed by atoms with E-state index in [-0.39, 0.29) is 0 Å². The summed E-state index contributed by atoms with van der Waals surface area (Å²) in [7, 11) is 0. The Labute approximate surface area is 97.6 Å². The molecule has 2 nitrogen and oxygen atoms in total. The molecular formula is C14H20N2. The standard InChI is InChI=1S/C14H20N2/c1-2-5-12(6-3-1)11-16-8-4-7-13-9-15-10-14(13)16/h1-3,5-6,13-15H,4,7-11H2. The lowest BCUT2D eigenvalue weighted by molar-refractivity contribution is 0.117. The highest BCUT2D eigenvalue weighted by Gasteiger charge is 2.34. The number of benzene rings is 1. The average molecular weight is 216 g/mol. The number of nitrogens with zero attached hydrogens (tertiary/aromatic N) is 1. The van der Waals surface area contributed by atoms with Crippen molar-refractivity contribution in [3.05, 3.63) is 35.9 Å². The summed E-state index contributed by atoms with van der Waals surface area (Å²) in [5.41, 5.74) is 1.45. The van der Waals surface area contributed by atoms with Gasteiger partial charge in [0.05, 0.1) is 0 Å². The third kappa shape index (κ3) is 2.00. The summed E-state index contributed by atoms with van der Waals surface area (Å²) in [6.07, 6.45) is 2.79. The molecule has 0 bridgehead atoms. The number of likely N-dealkylation sites (tertiary alicyclic amines) is 1. The number of rotatable bonds is 2. The largest absolute Gasteiger partial charge is 0.315 e. The van der Waals surface area contributed by atoms with Crippen LogP contribution in [0.15, 0.2) is 30.3 Å². The summed E-state index contributed by atoms with van der Waals surface area (Å²) in [5, 5.41) is 3.54. The molecule has 0 radical (unpaired) electrons. The first-order chi connectivity index (χ1) is 7.93. The molecule has 1 N–H and O–H groups in total. The first-order valence-electron chi connectivity index (χ1n) is 6.42. The quantitative estimate of drug-likeness (QED) is 0.812. The molecule has 2 aliphatic rings. The van der Waals surface area contributed by atoms with Crippen molar-refractivity contribution in [3.63, 3.8) is 0 Å². The number of hydrogen-bond acceptors (Lipinski definition) is 2. The molecule has 86 valence electrons. The predicted octanol–water partition coefficient (Wildman–Crippen LogP) is 1.87. The predicted molar refractivity (Wildman–Crippen MR) is 66.2 cm³/mol. The second kappa shape index (κ2) is 4.56. The maximum absolute atomic E-state index is 3.54. The summed E-state index contributed by atoms with van der Waals surface area (Å²) in [4.78, 5) is 2.67. The number of nitrogens with one attached hydrogen (secondary N) is 1. The smallest absolute Gasteiger partial charge is 0.0264 e. The monoisotopic (exact) mass is 216 g/mol. The minimum atomic E-state index is 0.786. The van der Waals surface area contributed by atoms with Crippen molar-refractivity contribution in [1.29, 1.82) is 0 Å². The molecule has 0 spiro atoms. The Morgan fingerprint density at radius 2 is 2.06 bits per heavy atom. The van der Waals surface area contributed by atoms with E-state index in [0.29, 0.717) is 0 Å². The average Bonchev–Trinajstić information content (AvgIpc) is 2.80. The lowest BCUT2D eigenvalue weighted by atomic mass is 9.92. The van der Waals surface area contributed by atoms with Gasteiger partial charge in [-0.25, -0.2) is 0 Å². The number of hydrogen-bond donors (Lipinski definition) is 1. The SMILES string of the molecule is c1ccc(CN2CCCC3CNCC32)cc1. The third-order valence-corrected chi connectivity index (χ3v) is 4.02. The molecule has 0 amide bonds. The van der Waals surface area contributed by atoms with Crippen LogP contribution in [0.5, 0.6) is 0 Å². The molecule has 0 aliphatic carbocycles. The summed E-state index contributed by atoms with van der Waals surface area (Å²) in [6.45, 7) is 4.83. The van der Waals surface area contributed by atoms with Gasteiger partial charge in [0.2, 0.25) is 0 Å². The van der Waals surface area contributed by atoms with Gasteiger partial charge in [0.25, 0.3) is 0 Å². The van der Waals surface area contributed by atoms with Crippen molar-refractivity contribution in [2.45, 2.75) is 25.4 Å². The van der Waals surface area contributed by atoms with Crippen LogP contribution in [-0.2, 0) is 6.54 Å². The molecule has 0 aromatic heterocycles. The fourth-order valence-corrected chi connectivity index (χ4v) is 3.18. The second-order valence-corrected chi connectivity index (χ2v) is 5.08. The van der Waals surface area contributed by atoms with E-state index in [0.717, 1.165) is 18.5 Å². The first-order valence-corrected chi connectivity index (χ1v) is 6.42. The Bertz CT molecular complexity index is 336. The van der Waals surface area contributed by atoms with E-state index in [4.69, 9.17) is 0 Å². The van der Waals surface area contributed by atoms with Crippen LogP contribution in [0.25, 0.3) is 0 Å². The maximum atomic E-state index is 3.54. The molecule has 2 unspecified atom stereocenters. The van der Waals surface area contributed by atoms with Crippen molar-refractivity contribution in [3.8, 4) is 0 Å². The Balaban J connectivity index is 1.70. The zero-order valence-electron chi connectivity index (χ0n) is 9.73.